The van der Waals surface area contributed by atoms with Gasteiger partial charge in [-0.05, 0) is 56.6 Å². The number of aryl methyl sites for hydroxylation is 1. The van der Waals surface area contributed by atoms with Gasteiger partial charge in [-0.15, -0.1) is 0 Å². The molecular formula is C26H44N2O6. The minimum atomic E-state index is -1.40. The highest BCUT2D eigenvalue weighted by Crippen LogP contribution is 2.24. The fourth-order valence-corrected chi connectivity index (χ4v) is 4.25. The van der Waals surface area contributed by atoms with Gasteiger partial charge in [0.1, 0.15) is 24.4 Å². The van der Waals surface area contributed by atoms with Crippen LogP contribution in [0.25, 0.3) is 0 Å². The lowest BCUT2D eigenvalue weighted by molar-refractivity contribution is -0.328. The molecule has 0 amide bonds. The van der Waals surface area contributed by atoms with Crippen LogP contribution < -0.4 is 0 Å². The lowest BCUT2D eigenvalue weighted by Crippen LogP contribution is -2.63. The van der Waals surface area contributed by atoms with E-state index in [1.807, 2.05) is 18.5 Å². The molecule has 1 aliphatic heterocycles. The molecular weight excluding hydrogens is 436 g/mol. The van der Waals surface area contributed by atoms with Crippen molar-refractivity contribution in [2.75, 3.05) is 20.3 Å². The first-order valence-electron chi connectivity index (χ1n) is 12.7. The summed E-state index contributed by atoms with van der Waals surface area (Å²) in [5.74, 6) is 0. The zero-order valence-corrected chi connectivity index (χ0v) is 20.5. The number of hydrogen-bond donors (Lipinski definition) is 4. The average Bonchev–Trinajstić information content (AvgIpc) is 2.86. The van der Waals surface area contributed by atoms with Gasteiger partial charge < -0.3 is 25.2 Å². The van der Waals surface area contributed by atoms with Crippen LogP contribution >= 0.6 is 0 Å². The second-order valence-electron chi connectivity index (χ2n) is 9.03. The van der Waals surface area contributed by atoms with Gasteiger partial charge in [0.15, 0.2) is 6.23 Å². The quantitative estimate of drug-likeness (QED) is 0.153. The van der Waals surface area contributed by atoms with E-state index >= 15 is 0 Å². The van der Waals surface area contributed by atoms with Crippen LogP contribution in [0, 0.1) is 0 Å². The van der Waals surface area contributed by atoms with Crippen LogP contribution in [-0.2, 0) is 16.0 Å². The number of aliphatic hydroxyl groups is 4. The molecule has 5 atom stereocenters. The number of aromatic nitrogens is 1. The lowest BCUT2D eigenvalue weighted by atomic mass is 9.98. The van der Waals surface area contributed by atoms with Crippen LogP contribution in [0.4, 0.5) is 0 Å². The van der Waals surface area contributed by atoms with Crippen LogP contribution in [0.2, 0.25) is 0 Å². The number of unbranched alkanes of at least 4 members (excludes halogenated alkanes) is 8. The molecule has 1 aliphatic rings. The average molecular weight is 481 g/mol. The topological polar surface area (TPSA) is 116 Å². The van der Waals surface area contributed by atoms with Crippen molar-refractivity contribution in [2.45, 2.75) is 101 Å². The number of pyridine rings is 1. The first-order valence-corrected chi connectivity index (χ1v) is 12.7. The maximum absolute atomic E-state index is 10.2. The Bertz CT molecular complexity index is 660. The highest BCUT2D eigenvalue weighted by atomic mass is 16.7. The van der Waals surface area contributed by atoms with Gasteiger partial charge >= 0.3 is 0 Å². The van der Waals surface area contributed by atoms with E-state index in [0.29, 0.717) is 6.54 Å². The van der Waals surface area contributed by atoms with Gasteiger partial charge in [0.25, 0.3) is 0 Å². The first kappa shape index (κ1) is 28.8. The van der Waals surface area contributed by atoms with Gasteiger partial charge in [-0.1, -0.05) is 43.9 Å². The first-order chi connectivity index (χ1) is 16.6. The summed E-state index contributed by atoms with van der Waals surface area (Å²) in [6, 6.07) is 4.15. The molecule has 0 saturated carbocycles. The van der Waals surface area contributed by atoms with Gasteiger partial charge in [-0.25, -0.2) is 0 Å². The Morgan fingerprint density at radius 1 is 0.941 bits per heavy atom. The summed E-state index contributed by atoms with van der Waals surface area (Å²) in [6.45, 7) is 0.0593. The Balaban J connectivity index is 1.47. The molecule has 1 fully saturated rings. The predicted octanol–water partition coefficient (Wildman–Crippen LogP) is 2.74. The fraction of sp³-hybridized carbons (Fsp3) is 0.731. The molecule has 0 aliphatic carbocycles. The van der Waals surface area contributed by atoms with Crippen molar-refractivity contribution in [3.8, 4) is 0 Å². The van der Waals surface area contributed by atoms with Gasteiger partial charge in [-0.2, -0.15) is 5.06 Å². The van der Waals surface area contributed by atoms with Gasteiger partial charge in [-0.3, -0.25) is 9.82 Å². The summed E-state index contributed by atoms with van der Waals surface area (Å²) >= 11 is 0. The van der Waals surface area contributed by atoms with Gasteiger partial charge in [0, 0.05) is 18.9 Å². The number of hydroxylamine groups is 2. The number of rotatable bonds is 17. The monoisotopic (exact) mass is 480 g/mol. The SMILES string of the molecule is CON(CCCC/C=C\CCCCCCCCc1cccnc1)[C@@H]1OC(CO)[C@H](O)[C@H](O)C1O. The third-order valence-corrected chi connectivity index (χ3v) is 6.36. The Kier molecular flexibility index (Phi) is 14.5. The summed E-state index contributed by atoms with van der Waals surface area (Å²) in [4.78, 5) is 9.48. The van der Waals surface area contributed by atoms with Crippen molar-refractivity contribution < 1.29 is 30.0 Å². The van der Waals surface area contributed by atoms with Crippen LogP contribution in [0.15, 0.2) is 36.7 Å². The third-order valence-electron chi connectivity index (χ3n) is 6.36. The van der Waals surface area contributed by atoms with Crippen molar-refractivity contribution in [1.82, 2.24) is 10.0 Å². The number of hydrogen-bond acceptors (Lipinski definition) is 8. The van der Waals surface area contributed by atoms with E-state index in [0.717, 1.165) is 32.1 Å². The van der Waals surface area contributed by atoms with Crippen LogP contribution in [0.1, 0.15) is 69.8 Å². The van der Waals surface area contributed by atoms with E-state index < -0.39 is 37.3 Å². The molecule has 8 nitrogen and oxygen atoms in total. The number of nitrogens with zero attached hydrogens (tertiary/aromatic N) is 2. The Hall–Kier alpha value is -1.39. The molecule has 194 valence electrons. The minimum absolute atomic E-state index is 0.448. The number of aliphatic hydroxyl groups excluding tert-OH is 4. The lowest BCUT2D eigenvalue weighted by Gasteiger charge is -2.43. The van der Waals surface area contributed by atoms with Crippen molar-refractivity contribution in [3.63, 3.8) is 0 Å². The van der Waals surface area contributed by atoms with E-state index in [2.05, 4.69) is 23.2 Å². The molecule has 0 radical (unpaired) electrons. The molecule has 4 N–H and O–H groups in total. The van der Waals surface area contributed by atoms with Crippen molar-refractivity contribution in [3.05, 3.63) is 42.2 Å². The molecule has 8 heteroatoms. The zero-order chi connectivity index (χ0) is 24.6. The van der Waals surface area contributed by atoms with E-state index in [1.165, 1.54) is 56.3 Å². The van der Waals surface area contributed by atoms with Gasteiger partial charge in [0.05, 0.1) is 13.7 Å². The van der Waals surface area contributed by atoms with Crippen LogP contribution in [-0.4, -0.2) is 81.4 Å². The smallest absolute Gasteiger partial charge is 0.162 e. The zero-order valence-electron chi connectivity index (χ0n) is 20.5. The van der Waals surface area contributed by atoms with E-state index in [9.17, 15) is 20.4 Å². The number of ether oxygens (including phenoxy) is 1. The Morgan fingerprint density at radius 2 is 1.62 bits per heavy atom. The maximum Gasteiger partial charge on any atom is 0.162 e. The van der Waals surface area contributed by atoms with E-state index in [1.54, 1.807) is 0 Å². The predicted molar refractivity (Wildman–Crippen MR) is 131 cm³/mol. The molecule has 1 saturated heterocycles. The second-order valence-corrected chi connectivity index (χ2v) is 9.03. The largest absolute Gasteiger partial charge is 0.394 e. The summed E-state index contributed by atoms with van der Waals surface area (Å²) in [5.41, 5.74) is 1.33. The van der Waals surface area contributed by atoms with E-state index in [-0.39, 0.29) is 0 Å². The third kappa shape index (κ3) is 10.1. The van der Waals surface area contributed by atoms with Gasteiger partial charge in [0.2, 0.25) is 0 Å². The molecule has 2 rings (SSSR count). The fourth-order valence-electron chi connectivity index (χ4n) is 4.25. The molecule has 2 unspecified atom stereocenters. The Labute approximate surface area is 204 Å². The van der Waals surface area contributed by atoms with Crippen molar-refractivity contribution in [1.29, 1.82) is 0 Å². The highest BCUT2D eigenvalue weighted by molar-refractivity contribution is 5.08. The Morgan fingerprint density at radius 3 is 2.26 bits per heavy atom. The number of allylic oxidation sites excluding steroid dienone is 2. The second kappa shape index (κ2) is 17.1. The van der Waals surface area contributed by atoms with Crippen LogP contribution in [0.3, 0.4) is 0 Å². The summed E-state index contributed by atoms with van der Waals surface area (Å²) in [7, 11) is 1.47. The summed E-state index contributed by atoms with van der Waals surface area (Å²) < 4.78 is 5.54. The molecule has 1 aromatic rings. The van der Waals surface area contributed by atoms with Crippen molar-refractivity contribution in [2.24, 2.45) is 0 Å². The minimum Gasteiger partial charge on any atom is -0.394 e. The standard InChI is InChI=1S/C26H44N2O6/c1-33-28(26-25(32)24(31)23(30)22(20-29)34-26)18-13-11-9-7-5-3-2-4-6-8-10-12-15-21-16-14-17-27-19-21/h5,7,14,16-17,19,22-26,29-32H,2-4,6,8-13,15,18,20H2,1H3/b7-5-/t22?,23-,24-,25?,26+/m0/s1. The van der Waals surface area contributed by atoms with Crippen LogP contribution in [0.5, 0.6) is 0 Å². The maximum atomic E-state index is 10.2. The molecule has 0 aromatic carbocycles. The normalized spacial score (nSPS) is 25.4. The summed E-state index contributed by atoms with van der Waals surface area (Å²) in [6.07, 6.45) is 14.9. The summed E-state index contributed by atoms with van der Waals surface area (Å²) in [5, 5.41) is 40.9. The highest BCUT2D eigenvalue weighted by Gasteiger charge is 2.45. The van der Waals surface area contributed by atoms with E-state index in [4.69, 9.17) is 9.57 Å². The molecule has 34 heavy (non-hydrogen) atoms. The van der Waals surface area contributed by atoms with Crippen molar-refractivity contribution >= 4 is 0 Å². The molecule has 1 aromatic heterocycles. The molecule has 0 spiro atoms. The molecule has 2 heterocycles. The molecule has 0 bridgehead atoms.